The first-order chi connectivity index (χ1) is 8.07. The topological polar surface area (TPSA) is 55.1 Å². The summed E-state index contributed by atoms with van der Waals surface area (Å²) in [6.07, 6.45) is 4.27. The molecule has 17 heavy (non-hydrogen) atoms. The molecule has 0 fully saturated rings. The Morgan fingerprint density at radius 1 is 1.47 bits per heavy atom. The molecule has 0 saturated heterocycles. The van der Waals surface area contributed by atoms with Crippen LogP contribution in [0.3, 0.4) is 0 Å². The maximum atomic E-state index is 13.4. The zero-order valence-electron chi connectivity index (χ0n) is 9.47. The Morgan fingerprint density at radius 2 is 2.18 bits per heavy atom. The molecule has 0 aliphatic heterocycles. The number of nitrogen functional groups attached to an aromatic ring is 1. The third-order valence-corrected chi connectivity index (χ3v) is 2.18. The fourth-order valence-corrected chi connectivity index (χ4v) is 1.30. The number of rotatable bonds is 4. The molecule has 0 bridgehead atoms. The minimum atomic E-state index is -1.02. The number of halogens is 2. The van der Waals surface area contributed by atoms with Crippen molar-refractivity contribution >= 4 is 11.6 Å². The number of amides is 1. The molecule has 1 aromatic rings. The highest BCUT2D eigenvalue weighted by Crippen LogP contribution is 2.18. The van der Waals surface area contributed by atoms with E-state index in [1.54, 1.807) is 0 Å². The molecule has 0 atom stereocenters. The normalized spacial score (nSPS) is 10.8. The fourth-order valence-electron chi connectivity index (χ4n) is 1.30. The molecule has 1 aromatic carbocycles. The van der Waals surface area contributed by atoms with Crippen LogP contribution in [0.4, 0.5) is 14.5 Å². The van der Waals surface area contributed by atoms with Crippen molar-refractivity contribution in [1.82, 2.24) is 5.32 Å². The molecule has 0 aliphatic rings. The van der Waals surface area contributed by atoms with Gasteiger partial charge in [0.2, 0.25) is 0 Å². The van der Waals surface area contributed by atoms with Crippen LogP contribution in [0.15, 0.2) is 24.3 Å². The van der Waals surface area contributed by atoms with Crippen LogP contribution in [0.25, 0.3) is 0 Å². The predicted molar refractivity (Wildman–Crippen MR) is 62.5 cm³/mol. The number of carbonyl (C=O) groups excluding carboxylic acids is 1. The molecule has 0 saturated carbocycles. The monoisotopic (exact) mass is 240 g/mol. The largest absolute Gasteiger partial charge is 0.396 e. The smallest absolute Gasteiger partial charge is 0.257 e. The van der Waals surface area contributed by atoms with Gasteiger partial charge in [0.1, 0.15) is 11.4 Å². The average molecular weight is 240 g/mol. The van der Waals surface area contributed by atoms with Gasteiger partial charge < -0.3 is 11.1 Å². The third kappa shape index (κ3) is 3.27. The van der Waals surface area contributed by atoms with Crippen LogP contribution in [0.5, 0.6) is 0 Å². The van der Waals surface area contributed by atoms with Gasteiger partial charge >= 0.3 is 0 Å². The van der Waals surface area contributed by atoms with Gasteiger partial charge in [0, 0.05) is 6.54 Å². The minimum Gasteiger partial charge on any atom is -0.396 e. The van der Waals surface area contributed by atoms with Gasteiger partial charge in [0.05, 0.1) is 5.69 Å². The van der Waals surface area contributed by atoms with Gasteiger partial charge in [0.25, 0.3) is 5.91 Å². The molecule has 1 rings (SSSR count). The number of allylic oxidation sites excluding steroid dienone is 1. The van der Waals surface area contributed by atoms with Crippen molar-refractivity contribution in [2.24, 2.45) is 0 Å². The summed E-state index contributed by atoms with van der Waals surface area (Å²) in [6.45, 7) is 2.16. The van der Waals surface area contributed by atoms with Crippen LogP contribution < -0.4 is 11.1 Å². The van der Waals surface area contributed by atoms with E-state index in [4.69, 9.17) is 5.73 Å². The molecule has 92 valence electrons. The minimum absolute atomic E-state index is 0.245. The van der Waals surface area contributed by atoms with Crippen molar-refractivity contribution in [3.63, 3.8) is 0 Å². The fraction of sp³-hybridized carbons (Fsp3) is 0.250. The lowest BCUT2D eigenvalue weighted by molar-refractivity contribution is 0.0946. The molecule has 0 heterocycles. The standard InChI is InChI=1S/C12H14F2N2O/c1-2-3-4-7-16-12(17)10-8(13)5-6-9(15)11(10)14/h2-3,5-6H,4,7,15H2,1H3,(H,16,17)/b3-2+. The summed E-state index contributed by atoms with van der Waals surface area (Å²) in [7, 11) is 0. The van der Waals surface area contributed by atoms with Gasteiger partial charge in [-0.05, 0) is 25.5 Å². The highest BCUT2D eigenvalue weighted by molar-refractivity contribution is 5.95. The van der Waals surface area contributed by atoms with Gasteiger partial charge in [-0.25, -0.2) is 8.78 Å². The Kier molecular flexibility index (Phi) is 4.63. The van der Waals surface area contributed by atoms with Gasteiger partial charge in [-0.2, -0.15) is 0 Å². The zero-order valence-corrected chi connectivity index (χ0v) is 9.47. The second-order valence-corrected chi connectivity index (χ2v) is 3.44. The van der Waals surface area contributed by atoms with Gasteiger partial charge in [0.15, 0.2) is 5.82 Å². The molecular weight excluding hydrogens is 226 g/mol. The molecule has 0 spiro atoms. The molecule has 1 amide bonds. The second kappa shape index (κ2) is 5.98. The lowest BCUT2D eigenvalue weighted by Crippen LogP contribution is -2.26. The van der Waals surface area contributed by atoms with Crippen LogP contribution in [-0.2, 0) is 0 Å². The van der Waals surface area contributed by atoms with E-state index in [0.29, 0.717) is 13.0 Å². The Labute approximate surface area is 98.3 Å². The number of benzene rings is 1. The molecule has 0 radical (unpaired) electrons. The summed E-state index contributed by atoms with van der Waals surface area (Å²) in [5.41, 5.74) is 4.39. The number of anilines is 1. The van der Waals surface area contributed by atoms with E-state index in [-0.39, 0.29) is 5.69 Å². The Balaban J connectivity index is 2.78. The van der Waals surface area contributed by atoms with E-state index in [0.717, 1.165) is 12.1 Å². The number of carbonyl (C=O) groups is 1. The molecule has 0 aromatic heterocycles. The molecule has 3 N–H and O–H groups in total. The third-order valence-electron chi connectivity index (χ3n) is 2.18. The highest BCUT2D eigenvalue weighted by Gasteiger charge is 2.18. The van der Waals surface area contributed by atoms with Gasteiger partial charge in [-0.1, -0.05) is 12.2 Å². The summed E-state index contributed by atoms with van der Waals surface area (Å²) in [6, 6.07) is 2.06. The average Bonchev–Trinajstić information content (AvgIpc) is 2.30. The van der Waals surface area contributed by atoms with Crippen molar-refractivity contribution < 1.29 is 13.6 Å². The van der Waals surface area contributed by atoms with E-state index >= 15 is 0 Å². The van der Waals surface area contributed by atoms with Crippen molar-refractivity contribution in [1.29, 1.82) is 0 Å². The van der Waals surface area contributed by atoms with Crippen LogP contribution >= 0.6 is 0 Å². The Morgan fingerprint density at radius 3 is 2.82 bits per heavy atom. The summed E-state index contributed by atoms with van der Waals surface area (Å²) in [5.74, 6) is -2.73. The quantitative estimate of drug-likeness (QED) is 0.482. The maximum absolute atomic E-state index is 13.4. The van der Waals surface area contributed by atoms with Crippen molar-refractivity contribution in [2.45, 2.75) is 13.3 Å². The van der Waals surface area contributed by atoms with Gasteiger partial charge in [-0.15, -0.1) is 0 Å². The molecule has 3 nitrogen and oxygen atoms in total. The van der Waals surface area contributed by atoms with E-state index in [9.17, 15) is 13.6 Å². The van der Waals surface area contributed by atoms with E-state index in [1.165, 1.54) is 0 Å². The summed E-state index contributed by atoms with van der Waals surface area (Å²) in [4.78, 5) is 11.5. The van der Waals surface area contributed by atoms with Crippen LogP contribution in [0.2, 0.25) is 0 Å². The maximum Gasteiger partial charge on any atom is 0.257 e. The number of nitrogens with two attached hydrogens (primary N) is 1. The first-order valence-electron chi connectivity index (χ1n) is 5.20. The van der Waals surface area contributed by atoms with Gasteiger partial charge in [-0.3, -0.25) is 4.79 Å². The van der Waals surface area contributed by atoms with E-state index < -0.39 is 23.1 Å². The second-order valence-electron chi connectivity index (χ2n) is 3.44. The van der Waals surface area contributed by atoms with E-state index in [1.807, 2.05) is 19.1 Å². The van der Waals surface area contributed by atoms with Crippen LogP contribution in [0, 0.1) is 11.6 Å². The molecular formula is C12H14F2N2O. The molecule has 5 heteroatoms. The SMILES string of the molecule is C/C=C/CCNC(=O)c1c(F)ccc(N)c1F. The summed E-state index contributed by atoms with van der Waals surface area (Å²) >= 11 is 0. The number of hydrogen-bond acceptors (Lipinski definition) is 2. The van der Waals surface area contributed by atoms with Crippen LogP contribution in [0.1, 0.15) is 23.7 Å². The van der Waals surface area contributed by atoms with Crippen LogP contribution in [-0.4, -0.2) is 12.5 Å². The number of nitrogens with one attached hydrogen (secondary N) is 1. The lowest BCUT2D eigenvalue weighted by Gasteiger charge is -2.07. The number of hydrogen-bond donors (Lipinski definition) is 2. The molecule has 0 unspecified atom stereocenters. The Bertz CT molecular complexity index is 444. The first kappa shape index (κ1) is 13.2. The highest BCUT2D eigenvalue weighted by atomic mass is 19.1. The first-order valence-corrected chi connectivity index (χ1v) is 5.20. The Hall–Kier alpha value is -1.91. The zero-order chi connectivity index (χ0) is 12.8. The van der Waals surface area contributed by atoms with E-state index in [2.05, 4.69) is 5.32 Å². The molecule has 0 aliphatic carbocycles. The lowest BCUT2D eigenvalue weighted by atomic mass is 10.1. The summed E-state index contributed by atoms with van der Waals surface area (Å²) < 4.78 is 26.7. The predicted octanol–water partition coefficient (Wildman–Crippen LogP) is 2.24. The summed E-state index contributed by atoms with van der Waals surface area (Å²) in [5, 5.41) is 2.42. The van der Waals surface area contributed by atoms with Crippen molar-refractivity contribution in [2.75, 3.05) is 12.3 Å². The van der Waals surface area contributed by atoms with Crippen molar-refractivity contribution in [3.8, 4) is 0 Å². The van der Waals surface area contributed by atoms with Crippen molar-refractivity contribution in [3.05, 3.63) is 41.5 Å².